The number of para-hydroxylation sites is 1. The third-order valence-electron chi connectivity index (χ3n) is 5.16. The largest absolute Gasteiger partial charge is 0.489 e. The molecule has 6 heteroatoms. The molecule has 0 aliphatic heterocycles. The van der Waals surface area contributed by atoms with Crippen molar-refractivity contribution in [2.45, 2.75) is 45.4 Å². The quantitative estimate of drug-likeness (QED) is 0.249. The summed E-state index contributed by atoms with van der Waals surface area (Å²) in [4.78, 5) is 12.3. The van der Waals surface area contributed by atoms with Gasteiger partial charge >= 0.3 is 6.03 Å². The number of carbonyl (C=O) groups is 1. The van der Waals surface area contributed by atoms with Crippen molar-refractivity contribution >= 4 is 28.7 Å². The van der Waals surface area contributed by atoms with Crippen LogP contribution in [0.4, 0.5) is 10.5 Å². The van der Waals surface area contributed by atoms with E-state index in [0.29, 0.717) is 6.61 Å². The Morgan fingerprint density at radius 3 is 2.21 bits per heavy atom. The van der Waals surface area contributed by atoms with Crippen molar-refractivity contribution < 1.29 is 9.53 Å². The van der Waals surface area contributed by atoms with Crippen LogP contribution in [0.15, 0.2) is 84.9 Å². The number of amides is 2. The molecule has 0 saturated carbocycles. The average molecular weight is 512 g/mol. The topological polar surface area (TPSA) is 62.4 Å². The third-order valence-corrected chi connectivity index (χ3v) is 5.16. The van der Waals surface area contributed by atoms with E-state index in [-0.39, 0.29) is 29.2 Å². The predicted octanol–water partition coefficient (Wildman–Crippen LogP) is 6.31. The van der Waals surface area contributed by atoms with Crippen LogP contribution in [0.2, 0.25) is 0 Å². The van der Waals surface area contributed by atoms with Crippen LogP contribution >= 0.6 is 17.0 Å². The van der Waals surface area contributed by atoms with E-state index in [4.69, 9.17) is 4.74 Å². The summed E-state index contributed by atoms with van der Waals surface area (Å²) in [5.74, 6) is 0.866. The van der Waals surface area contributed by atoms with Crippen LogP contribution in [0.25, 0.3) is 0 Å². The van der Waals surface area contributed by atoms with Gasteiger partial charge in [-0.2, -0.15) is 0 Å². The second kappa shape index (κ2) is 15.1. The first kappa shape index (κ1) is 26.4. The zero-order chi connectivity index (χ0) is 22.4. The molecule has 33 heavy (non-hydrogen) atoms. The first-order chi connectivity index (χ1) is 15.7. The highest BCUT2D eigenvalue weighted by Gasteiger charge is 2.11. The fraction of sp³-hybridized carbons (Fsp3) is 0.296. The normalized spacial score (nSPS) is 11.2. The summed E-state index contributed by atoms with van der Waals surface area (Å²) in [5.41, 5.74) is 3.17. The van der Waals surface area contributed by atoms with E-state index >= 15 is 0 Å². The Kier molecular flexibility index (Phi) is 12.1. The molecule has 1 unspecified atom stereocenters. The molecule has 0 aliphatic rings. The average Bonchev–Trinajstić information content (AvgIpc) is 2.83. The van der Waals surface area contributed by atoms with E-state index in [0.717, 1.165) is 49.2 Å². The Balaban J connectivity index is 0.00000385. The highest BCUT2D eigenvalue weighted by atomic mass is 79.9. The van der Waals surface area contributed by atoms with Gasteiger partial charge in [0.05, 0.1) is 6.17 Å². The number of hydrogen-bond donors (Lipinski definition) is 3. The van der Waals surface area contributed by atoms with Gasteiger partial charge in [0.25, 0.3) is 0 Å². The summed E-state index contributed by atoms with van der Waals surface area (Å²) in [6, 6.07) is 27.7. The molecule has 3 aromatic rings. The van der Waals surface area contributed by atoms with Gasteiger partial charge in [0.2, 0.25) is 0 Å². The lowest BCUT2D eigenvalue weighted by molar-refractivity contribution is 0.244. The Hall–Kier alpha value is -2.83. The molecule has 0 spiro atoms. The molecule has 2 amide bonds. The number of ether oxygens (including phenoxy) is 1. The number of unbranched alkanes of at least 4 members (excludes halogenated alkanes) is 1. The molecule has 0 fully saturated rings. The van der Waals surface area contributed by atoms with Crippen LogP contribution in [0, 0.1) is 0 Å². The molecule has 5 nitrogen and oxygen atoms in total. The van der Waals surface area contributed by atoms with Gasteiger partial charge in [-0.15, -0.1) is 17.0 Å². The van der Waals surface area contributed by atoms with Gasteiger partial charge in [0, 0.05) is 12.2 Å². The number of halogens is 1. The minimum atomic E-state index is -0.190. The van der Waals surface area contributed by atoms with E-state index in [1.54, 1.807) is 0 Å². The highest BCUT2D eigenvalue weighted by Crippen LogP contribution is 2.14. The van der Waals surface area contributed by atoms with Crippen molar-refractivity contribution in [1.82, 2.24) is 10.6 Å². The van der Waals surface area contributed by atoms with E-state index in [9.17, 15) is 4.79 Å². The number of hydrogen-bond acceptors (Lipinski definition) is 3. The van der Waals surface area contributed by atoms with Crippen LogP contribution in [0.3, 0.4) is 0 Å². The maximum atomic E-state index is 12.3. The molecule has 3 rings (SSSR count). The summed E-state index contributed by atoms with van der Waals surface area (Å²) in [6.07, 6.45) is 3.85. The van der Waals surface area contributed by atoms with Gasteiger partial charge < -0.3 is 15.4 Å². The van der Waals surface area contributed by atoms with Gasteiger partial charge in [0.15, 0.2) is 0 Å². The summed E-state index contributed by atoms with van der Waals surface area (Å²) in [6.45, 7) is 3.50. The van der Waals surface area contributed by atoms with Crippen LogP contribution in [0.5, 0.6) is 5.75 Å². The van der Waals surface area contributed by atoms with Gasteiger partial charge in [-0.25, -0.2) is 4.79 Å². The van der Waals surface area contributed by atoms with Crippen molar-refractivity contribution in [3.8, 4) is 5.75 Å². The monoisotopic (exact) mass is 511 g/mol. The van der Waals surface area contributed by atoms with Crippen molar-refractivity contribution in [3.05, 3.63) is 96.1 Å². The minimum absolute atomic E-state index is 0. The van der Waals surface area contributed by atoms with Crippen LogP contribution in [-0.4, -0.2) is 18.7 Å². The SMILES string of the molecule is Br.CCCCC(NCCc1ccc(OCc2ccccc2)cc1)NC(=O)Nc1ccccc1. The van der Waals surface area contributed by atoms with Gasteiger partial charge in [0.1, 0.15) is 12.4 Å². The molecule has 3 aromatic carbocycles. The van der Waals surface area contributed by atoms with Gasteiger partial charge in [-0.3, -0.25) is 5.32 Å². The zero-order valence-electron chi connectivity index (χ0n) is 19.1. The van der Waals surface area contributed by atoms with Crippen LogP contribution in [-0.2, 0) is 13.0 Å². The van der Waals surface area contributed by atoms with E-state index in [1.807, 2.05) is 60.7 Å². The van der Waals surface area contributed by atoms with Gasteiger partial charge in [-0.05, 0) is 48.2 Å². The molecule has 0 bridgehead atoms. The molecular weight excluding hydrogens is 478 g/mol. The highest BCUT2D eigenvalue weighted by molar-refractivity contribution is 8.93. The maximum absolute atomic E-state index is 12.3. The molecule has 0 saturated heterocycles. The number of nitrogens with one attached hydrogen (secondary N) is 3. The zero-order valence-corrected chi connectivity index (χ0v) is 20.8. The minimum Gasteiger partial charge on any atom is -0.489 e. The summed E-state index contributed by atoms with van der Waals surface area (Å²) in [7, 11) is 0. The molecule has 3 N–H and O–H groups in total. The van der Waals surface area contributed by atoms with E-state index in [2.05, 4.69) is 47.1 Å². The van der Waals surface area contributed by atoms with Crippen molar-refractivity contribution in [2.75, 3.05) is 11.9 Å². The van der Waals surface area contributed by atoms with Crippen LogP contribution < -0.4 is 20.7 Å². The Bertz CT molecular complexity index is 921. The fourth-order valence-corrected chi connectivity index (χ4v) is 3.36. The van der Waals surface area contributed by atoms with Crippen molar-refractivity contribution in [1.29, 1.82) is 0 Å². The molecule has 1 atom stereocenters. The summed E-state index contributed by atoms with van der Waals surface area (Å²) in [5, 5.41) is 9.41. The number of urea groups is 1. The second-order valence-corrected chi connectivity index (χ2v) is 7.78. The van der Waals surface area contributed by atoms with Crippen LogP contribution in [0.1, 0.15) is 37.3 Å². The maximum Gasteiger partial charge on any atom is 0.320 e. The predicted molar refractivity (Wildman–Crippen MR) is 141 cm³/mol. The van der Waals surface area contributed by atoms with E-state index < -0.39 is 0 Å². The Morgan fingerprint density at radius 1 is 0.879 bits per heavy atom. The molecule has 0 heterocycles. The molecule has 176 valence electrons. The number of anilines is 1. The summed E-state index contributed by atoms with van der Waals surface area (Å²) >= 11 is 0. The van der Waals surface area contributed by atoms with Crippen molar-refractivity contribution in [3.63, 3.8) is 0 Å². The fourth-order valence-electron chi connectivity index (χ4n) is 3.36. The van der Waals surface area contributed by atoms with Crippen molar-refractivity contribution in [2.24, 2.45) is 0 Å². The lowest BCUT2D eigenvalue weighted by Crippen LogP contribution is -2.47. The lowest BCUT2D eigenvalue weighted by atomic mass is 10.1. The smallest absolute Gasteiger partial charge is 0.320 e. The van der Waals surface area contributed by atoms with E-state index in [1.165, 1.54) is 5.56 Å². The molecule has 0 aliphatic carbocycles. The Morgan fingerprint density at radius 2 is 1.55 bits per heavy atom. The number of rotatable bonds is 12. The molecule has 0 radical (unpaired) electrons. The standard InChI is InChI=1S/C27H33N3O2.BrH/c1-2-3-14-26(30-27(31)29-24-12-8-5-9-13-24)28-20-19-22-15-17-25(18-16-22)32-21-23-10-6-4-7-11-23;/h4-13,15-18,26,28H,2-3,14,19-21H2,1H3,(H2,29,30,31);1H. The first-order valence-corrected chi connectivity index (χ1v) is 11.3. The lowest BCUT2D eigenvalue weighted by Gasteiger charge is -2.20. The Labute approximate surface area is 207 Å². The van der Waals surface area contributed by atoms with Gasteiger partial charge in [-0.1, -0.05) is 80.4 Å². The third kappa shape index (κ3) is 10.1. The summed E-state index contributed by atoms with van der Waals surface area (Å²) < 4.78 is 5.86. The second-order valence-electron chi connectivity index (χ2n) is 7.78. The number of carbonyl (C=O) groups excluding carboxylic acids is 1. The first-order valence-electron chi connectivity index (χ1n) is 11.3. The molecule has 0 aromatic heterocycles. The number of benzene rings is 3. The molecular formula is C27H34BrN3O2.